The van der Waals surface area contributed by atoms with Crippen LogP contribution in [0.25, 0.3) is 11.3 Å². The van der Waals surface area contributed by atoms with Gasteiger partial charge < -0.3 is 14.2 Å². The van der Waals surface area contributed by atoms with Crippen molar-refractivity contribution in [3.8, 4) is 22.8 Å². The van der Waals surface area contributed by atoms with Gasteiger partial charge in [-0.05, 0) is 19.1 Å². The highest BCUT2D eigenvalue weighted by atomic mass is 32.1. The lowest BCUT2D eigenvalue weighted by molar-refractivity contribution is -0.123. The van der Waals surface area contributed by atoms with Crippen LogP contribution in [0.2, 0.25) is 0 Å². The molecule has 3 rings (SSSR count). The van der Waals surface area contributed by atoms with Crippen LogP contribution in [-0.2, 0) is 9.53 Å². The van der Waals surface area contributed by atoms with E-state index in [4.69, 9.17) is 14.2 Å². The van der Waals surface area contributed by atoms with E-state index in [1.54, 1.807) is 6.07 Å². The van der Waals surface area contributed by atoms with Crippen LogP contribution < -0.4 is 14.8 Å². The maximum absolute atomic E-state index is 12.4. The summed E-state index contributed by atoms with van der Waals surface area (Å²) in [6.45, 7) is 1.50. The fraction of sp³-hybridized carbons (Fsp3) is 0.190. The zero-order chi connectivity index (χ0) is 20.8. The molecule has 0 spiro atoms. The molecule has 0 aliphatic heterocycles. The molecule has 8 heteroatoms. The van der Waals surface area contributed by atoms with Gasteiger partial charge in [0.25, 0.3) is 5.91 Å². The van der Waals surface area contributed by atoms with Gasteiger partial charge in [0, 0.05) is 17.0 Å². The summed E-state index contributed by atoms with van der Waals surface area (Å²) in [5.41, 5.74) is 1.94. The Labute approximate surface area is 172 Å². The minimum Gasteiger partial charge on any atom is -0.497 e. The molecule has 1 aromatic heterocycles. The van der Waals surface area contributed by atoms with Gasteiger partial charge in [-0.1, -0.05) is 30.3 Å². The number of nitrogens with one attached hydrogen (secondary N) is 1. The van der Waals surface area contributed by atoms with Gasteiger partial charge in [-0.25, -0.2) is 9.78 Å². The van der Waals surface area contributed by atoms with Crippen LogP contribution in [0, 0.1) is 0 Å². The van der Waals surface area contributed by atoms with Gasteiger partial charge in [-0.15, -0.1) is 11.3 Å². The van der Waals surface area contributed by atoms with Crippen molar-refractivity contribution in [1.82, 2.24) is 4.98 Å². The number of carbonyl (C=O) groups is 2. The molecule has 29 heavy (non-hydrogen) atoms. The van der Waals surface area contributed by atoms with Crippen molar-refractivity contribution in [3.05, 3.63) is 59.5 Å². The van der Waals surface area contributed by atoms with E-state index in [2.05, 4.69) is 10.3 Å². The Morgan fingerprint density at radius 1 is 1.03 bits per heavy atom. The maximum atomic E-state index is 12.4. The molecular formula is C21H20N2O5S. The third-order valence-corrected chi connectivity index (χ3v) is 4.80. The quantitative estimate of drug-likeness (QED) is 0.590. The largest absolute Gasteiger partial charge is 0.497 e. The highest BCUT2D eigenvalue weighted by molar-refractivity contribution is 7.14. The van der Waals surface area contributed by atoms with Gasteiger partial charge in [0.2, 0.25) is 0 Å². The van der Waals surface area contributed by atoms with E-state index in [1.807, 2.05) is 35.7 Å². The number of esters is 1. The van der Waals surface area contributed by atoms with Crippen LogP contribution >= 0.6 is 11.3 Å². The first kappa shape index (κ1) is 20.3. The molecule has 0 aliphatic carbocycles. The predicted octanol–water partition coefficient (Wildman–Crippen LogP) is 4.01. The summed E-state index contributed by atoms with van der Waals surface area (Å²) in [5, 5.41) is 4.96. The van der Waals surface area contributed by atoms with Crippen LogP contribution in [0.4, 0.5) is 5.13 Å². The number of anilines is 1. The van der Waals surface area contributed by atoms with E-state index in [0.29, 0.717) is 16.6 Å². The van der Waals surface area contributed by atoms with E-state index >= 15 is 0 Å². The van der Waals surface area contributed by atoms with E-state index in [9.17, 15) is 9.59 Å². The van der Waals surface area contributed by atoms with E-state index in [-0.39, 0.29) is 5.56 Å². The predicted molar refractivity (Wildman–Crippen MR) is 111 cm³/mol. The van der Waals surface area contributed by atoms with Crippen molar-refractivity contribution in [1.29, 1.82) is 0 Å². The third kappa shape index (κ3) is 5.11. The normalized spacial score (nSPS) is 11.4. The molecule has 0 saturated carbocycles. The van der Waals surface area contributed by atoms with Crippen molar-refractivity contribution in [2.45, 2.75) is 13.0 Å². The highest BCUT2D eigenvalue weighted by Gasteiger charge is 2.21. The molecule has 0 radical (unpaired) electrons. The number of thiazole rings is 1. The number of amides is 1. The van der Waals surface area contributed by atoms with Crippen molar-refractivity contribution in [3.63, 3.8) is 0 Å². The maximum Gasteiger partial charge on any atom is 0.339 e. The fourth-order valence-corrected chi connectivity index (χ4v) is 3.21. The Hall–Kier alpha value is -3.39. The Morgan fingerprint density at radius 3 is 2.31 bits per heavy atom. The molecule has 0 unspecified atom stereocenters. The first-order valence-electron chi connectivity index (χ1n) is 8.76. The van der Waals surface area contributed by atoms with Gasteiger partial charge in [0.05, 0.1) is 25.5 Å². The molecule has 1 heterocycles. The summed E-state index contributed by atoms with van der Waals surface area (Å²) >= 11 is 1.30. The second-order valence-corrected chi connectivity index (χ2v) is 6.90. The van der Waals surface area contributed by atoms with Crippen LogP contribution in [0.5, 0.6) is 11.5 Å². The van der Waals surface area contributed by atoms with Crippen molar-refractivity contribution in [2.75, 3.05) is 19.5 Å². The summed E-state index contributed by atoms with van der Waals surface area (Å²) in [6.07, 6.45) is -1.01. The van der Waals surface area contributed by atoms with E-state index in [0.717, 1.165) is 11.3 Å². The SMILES string of the molecule is COc1cc(OC)cc(C(=O)O[C@H](C)C(=O)Nc2nc(-c3ccccc3)cs2)c1. The molecule has 0 saturated heterocycles. The number of hydrogen-bond donors (Lipinski definition) is 1. The molecular weight excluding hydrogens is 392 g/mol. The first-order chi connectivity index (χ1) is 14.0. The topological polar surface area (TPSA) is 86.8 Å². The first-order valence-corrected chi connectivity index (χ1v) is 9.64. The zero-order valence-electron chi connectivity index (χ0n) is 16.2. The van der Waals surface area contributed by atoms with Gasteiger partial charge in [-0.3, -0.25) is 10.1 Å². The minimum atomic E-state index is -1.01. The molecule has 1 atom stereocenters. The fourth-order valence-electron chi connectivity index (χ4n) is 2.49. The van der Waals surface area contributed by atoms with Crippen LogP contribution in [0.1, 0.15) is 17.3 Å². The summed E-state index contributed by atoms with van der Waals surface area (Å²) in [4.78, 5) is 29.2. The van der Waals surface area contributed by atoms with Crippen LogP contribution in [0.3, 0.4) is 0 Å². The van der Waals surface area contributed by atoms with Crippen molar-refractivity contribution in [2.24, 2.45) is 0 Å². The van der Waals surface area contributed by atoms with Gasteiger partial charge in [0.1, 0.15) is 11.5 Å². The monoisotopic (exact) mass is 412 g/mol. The number of nitrogens with zero attached hydrogens (tertiary/aromatic N) is 1. The van der Waals surface area contributed by atoms with E-state index in [1.165, 1.54) is 44.6 Å². The van der Waals surface area contributed by atoms with Crippen molar-refractivity contribution >= 4 is 28.3 Å². The average molecular weight is 412 g/mol. The lowest BCUT2D eigenvalue weighted by Crippen LogP contribution is -2.30. The summed E-state index contributed by atoms with van der Waals surface area (Å²) < 4.78 is 15.6. The van der Waals surface area contributed by atoms with Gasteiger partial charge in [0.15, 0.2) is 11.2 Å². The lowest BCUT2D eigenvalue weighted by Gasteiger charge is -2.13. The number of rotatable bonds is 7. The summed E-state index contributed by atoms with van der Waals surface area (Å²) in [6, 6.07) is 14.3. The Bertz CT molecular complexity index is 981. The second kappa shape index (κ2) is 9.20. The number of benzene rings is 2. The molecule has 1 N–H and O–H groups in total. The van der Waals surface area contributed by atoms with Crippen LogP contribution in [-0.4, -0.2) is 37.2 Å². The molecule has 3 aromatic rings. The number of aromatic nitrogens is 1. The smallest absolute Gasteiger partial charge is 0.339 e. The van der Waals surface area contributed by atoms with Crippen LogP contribution in [0.15, 0.2) is 53.9 Å². The molecule has 7 nitrogen and oxygen atoms in total. The Morgan fingerprint density at radius 2 is 1.69 bits per heavy atom. The third-order valence-electron chi connectivity index (χ3n) is 4.04. The number of methoxy groups -OCH3 is 2. The number of ether oxygens (including phenoxy) is 3. The Kier molecular flexibility index (Phi) is 6.46. The molecule has 0 fully saturated rings. The standard InChI is InChI=1S/C21H20N2O5S/c1-13(28-20(25)15-9-16(26-2)11-17(10-15)27-3)19(24)23-21-22-18(12-29-21)14-7-5-4-6-8-14/h4-13H,1-3H3,(H,22,23,24)/t13-/m1/s1. The average Bonchev–Trinajstić information content (AvgIpc) is 3.22. The van der Waals surface area contributed by atoms with Gasteiger partial charge >= 0.3 is 5.97 Å². The Balaban J connectivity index is 1.64. The number of carbonyl (C=O) groups excluding carboxylic acids is 2. The molecule has 2 aromatic carbocycles. The molecule has 150 valence electrons. The number of hydrogen-bond acceptors (Lipinski definition) is 7. The highest BCUT2D eigenvalue weighted by Crippen LogP contribution is 2.25. The zero-order valence-corrected chi connectivity index (χ0v) is 17.0. The van der Waals surface area contributed by atoms with Crippen molar-refractivity contribution < 1.29 is 23.8 Å². The molecule has 0 aliphatic rings. The lowest BCUT2D eigenvalue weighted by atomic mass is 10.2. The van der Waals surface area contributed by atoms with Gasteiger partial charge in [-0.2, -0.15) is 0 Å². The minimum absolute atomic E-state index is 0.224. The molecule has 1 amide bonds. The summed E-state index contributed by atoms with van der Waals surface area (Å²) in [5.74, 6) is -0.231. The second-order valence-electron chi connectivity index (χ2n) is 6.04. The molecule has 0 bridgehead atoms. The summed E-state index contributed by atoms with van der Waals surface area (Å²) in [7, 11) is 2.97. The van der Waals surface area contributed by atoms with E-state index < -0.39 is 18.0 Å².